The third-order valence-electron chi connectivity index (χ3n) is 1.96. The van der Waals surface area contributed by atoms with Crippen LogP contribution in [0, 0.1) is 0 Å². The van der Waals surface area contributed by atoms with Crippen LogP contribution in [0.15, 0.2) is 12.7 Å². The molecule has 82 valence electrons. The van der Waals surface area contributed by atoms with E-state index in [1.165, 1.54) is 6.92 Å². The Bertz CT molecular complexity index is 190. The Morgan fingerprint density at radius 3 is 2.79 bits per heavy atom. The minimum Gasteiger partial charge on any atom is -0.480 e. The van der Waals surface area contributed by atoms with E-state index < -0.39 is 11.5 Å². The number of carboxylic acid groups (broad SMARTS) is 1. The van der Waals surface area contributed by atoms with Gasteiger partial charge in [0.1, 0.15) is 5.54 Å². The molecule has 4 nitrogen and oxygen atoms in total. The molecule has 1 atom stereocenters. The summed E-state index contributed by atoms with van der Waals surface area (Å²) in [5, 5.41) is 8.71. The predicted molar refractivity (Wildman–Crippen MR) is 55.1 cm³/mol. The van der Waals surface area contributed by atoms with Crippen molar-refractivity contribution in [3.8, 4) is 0 Å². The van der Waals surface area contributed by atoms with Gasteiger partial charge in [-0.15, -0.1) is 6.58 Å². The van der Waals surface area contributed by atoms with Crippen molar-refractivity contribution in [3.05, 3.63) is 12.7 Å². The van der Waals surface area contributed by atoms with Gasteiger partial charge in [0.05, 0.1) is 6.61 Å². The molecule has 0 spiro atoms. The summed E-state index contributed by atoms with van der Waals surface area (Å²) in [6.07, 6.45) is 3.74. The lowest BCUT2D eigenvalue weighted by atomic mass is 9.97. The average Bonchev–Trinajstić information content (AvgIpc) is 2.10. The zero-order valence-corrected chi connectivity index (χ0v) is 8.66. The summed E-state index contributed by atoms with van der Waals surface area (Å²) in [7, 11) is 0. The smallest absolute Gasteiger partial charge is 0.323 e. The second-order valence-electron chi connectivity index (χ2n) is 3.54. The summed E-state index contributed by atoms with van der Waals surface area (Å²) in [6.45, 7) is 6.21. The highest BCUT2D eigenvalue weighted by atomic mass is 16.5. The fraction of sp³-hybridized carbons (Fsp3) is 0.700. The van der Waals surface area contributed by atoms with Gasteiger partial charge in [-0.1, -0.05) is 6.08 Å². The van der Waals surface area contributed by atoms with Crippen molar-refractivity contribution >= 4 is 5.97 Å². The highest BCUT2D eigenvalue weighted by Crippen LogP contribution is 2.10. The van der Waals surface area contributed by atoms with Crippen LogP contribution in [0.1, 0.15) is 26.2 Å². The normalized spacial score (nSPS) is 14.7. The largest absolute Gasteiger partial charge is 0.480 e. The van der Waals surface area contributed by atoms with Crippen molar-refractivity contribution in [2.24, 2.45) is 5.73 Å². The quantitative estimate of drug-likeness (QED) is 0.456. The van der Waals surface area contributed by atoms with Gasteiger partial charge in [-0.05, 0) is 26.2 Å². The van der Waals surface area contributed by atoms with Gasteiger partial charge in [0, 0.05) is 6.61 Å². The second-order valence-corrected chi connectivity index (χ2v) is 3.54. The number of carboxylic acids is 1. The molecule has 0 saturated carbocycles. The Morgan fingerprint density at radius 2 is 2.29 bits per heavy atom. The number of hydrogen-bond acceptors (Lipinski definition) is 3. The molecule has 0 aromatic heterocycles. The number of hydrogen-bond donors (Lipinski definition) is 2. The lowest BCUT2D eigenvalue weighted by Crippen LogP contribution is -2.44. The summed E-state index contributed by atoms with van der Waals surface area (Å²) < 4.78 is 5.15. The third-order valence-corrected chi connectivity index (χ3v) is 1.96. The first-order chi connectivity index (χ1) is 6.50. The molecule has 0 aliphatic carbocycles. The van der Waals surface area contributed by atoms with Gasteiger partial charge in [0.2, 0.25) is 0 Å². The lowest BCUT2D eigenvalue weighted by Gasteiger charge is -2.18. The molecule has 0 aliphatic rings. The van der Waals surface area contributed by atoms with Crippen LogP contribution in [0.3, 0.4) is 0 Å². The monoisotopic (exact) mass is 201 g/mol. The van der Waals surface area contributed by atoms with E-state index in [0.717, 1.165) is 12.8 Å². The Balaban J connectivity index is 3.44. The number of aliphatic carboxylic acids is 1. The SMILES string of the molecule is C=CCOCCCC[C@@](C)(N)C(=O)O. The second kappa shape index (κ2) is 6.56. The summed E-state index contributed by atoms with van der Waals surface area (Å²) >= 11 is 0. The summed E-state index contributed by atoms with van der Waals surface area (Å²) in [4.78, 5) is 10.6. The van der Waals surface area contributed by atoms with Crippen LogP contribution in [0.2, 0.25) is 0 Å². The Morgan fingerprint density at radius 1 is 1.64 bits per heavy atom. The fourth-order valence-electron chi connectivity index (χ4n) is 0.970. The molecule has 3 N–H and O–H groups in total. The van der Waals surface area contributed by atoms with Gasteiger partial charge in [-0.3, -0.25) is 4.79 Å². The van der Waals surface area contributed by atoms with Crippen LogP contribution in [0.4, 0.5) is 0 Å². The van der Waals surface area contributed by atoms with E-state index in [4.69, 9.17) is 15.6 Å². The Hall–Kier alpha value is -0.870. The molecular formula is C10H19NO3. The van der Waals surface area contributed by atoms with Crippen LogP contribution in [-0.4, -0.2) is 29.8 Å². The van der Waals surface area contributed by atoms with Crippen LogP contribution in [-0.2, 0) is 9.53 Å². The van der Waals surface area contributed by atoms with Crippen molar-refractivity contribution in [1.82, 2.24) is 0 Å². The molecule has 0 unspecified atom stereocenters. The highest BCUT2D eigenvalue weighted by molar-refractivity contribution is 5.77. The molecule has 14 heavy (non-hydrogen) atoms. The summed E-state index contributed by atoms with van der Waals surface area (Å²) in [5.41, 5.74) is 4.43. The molecule has 0 rings (SSSR count). The van der Waals surface area contributed by atoms with Crippen LogP contribution in [0.5, 0.6) is 0 Å². The maximum atomic E-state index is 10.6. The fourth-order valence-corrected chi connectivity index (χ4v) is 0.970. The molecule has 0 aliphatic heterocycles. The van der Waals surface area contributed by atoms with Crippen molar-refractivity contribution in [1.29, 1.82) is 0 Å². The average molecular weight is 201 g/mol. The molecule has 0 bridgehead atoms. The standard InChI is InChI=1S/C10H19NO3/c1-3-7-14-8-5-4-6-10(2,11)9(12)13/h3H,1,4-8,11H2,2H3,(H,12,13)/t10-/m1/s1. The highest BCUT2D eigenvalue weighted by Gasteiger charge is 2.26. The molecule has 0 radical (unpaired) electrons. The molecular weight excluding hydrogens is 182 g/mol. The molecule has 0 aromatic carbocycles. The first kappa shape index (κ1) is 13.1. The molecule has 0 heterocycles. The zero-order valence-electron chi connectivity index (χ0n) is 8.66. The van der Waals surface area contributed by atoms with E-state index in [0.29, 0.717) is 19.6 Å². The minimum absolute atomic E-state index is 0.472. The number of carbonyl (C=O) groups is 1. The summed E-state index contributed by atoms with van der Waals surface area (Å²) in [5.74, 6) is -0.954. The first-order valence-electron chi connectivity index (χ1n) is 4.71. The molecule has 0 saturated heterocycles. The van der Waals surface area contributed by atoms with E-state index in [1.54, 1.807) is 6.08 Å². The number of unbranched alkanes of at least 4 members (excludes halogenated alkanes) is 1. The topological polar surface area (TPSA) is 72.5 Å². The van der Waals surface area contributed by atoms with E-state index in [1.807, 2.05) is 0 Å². The van der Waals surface area contributed by atoms with Crippen LogP contribution in [0.25, 0.3) is 0 Å². The molecule has 4 heteroatoms. The van der Waals surface area contributed by atoms with Crippen LogP contribution >= 0.6 is 0 Å². The number of rotatable bonds is 8. The van der Waals surface area contributed by atoms with Crippen molar-refractivity contribution < 1.29 is 14.6 Å². The maximum absolute atomic E-state index is 10.6. The van der Waals surface area contributed by atoms with E-state index in [-0.39, 0.29) is 0 Å². The van der Waals surface area contributed by atoms with Gasteiger partial charge in [-0.2, -0.15) is 0 Å². The van der Waals surface area contributed by atoms with Gasteiger partial charge in [-0.25, -0.2) is 0 Å². The lowest BCUT2D eigenvalue weighted by molar-refractivity contribution is -0.142. The van der Waals surface area contributed by atoms with Gasteiger partial charge >= 0.3 is 5.97 Å². The Labute approximate surface area is 84.7 Å². The Kier molecular flexibility index (Phi) is 6.16. The van der Waals surface area contributed by atoms with Crippen LogP contribution < -0.4 is 5.73 Å². The van der Waals surface area contributed by atoms with Gasteiger partial charge in [0.15, 0.2) is 0 Å². The van der Waals surface area contributed by atoms with Crippen molar-refractivity contribution in [2.75, 3.05) is 13.2 Å². The third kappa shape index (κ3) is 5.72. The first-order valence-corrected chi connectivity index (χ1v) is 4.71. The van der Waals surface area contributed by atoms with Crippen molar-refractivity contribution in [2.45, 2.75) is 31.7 Å². The van der Waals surface area contributed by atoms with E-state index >= 15 is 0 Å². The van der Waals surface area contributed by atoms with E-state index in [2.05, 4.69) is 6.58 Å². The van der Waals surface area contributed by atoms with E-state index in [9.17, 15) is 4.79 Å². The molecule has 0 amide bonds. The number of ether oxygens (including phenoxy) is 1. The predicted octanol–water partition coefficient (Wildman–Crippen LogP) is 1.16. The molecule has 0 aromatic rings. The van der Waals surface area contributed by atoms with Crippen molar-refractivity contribution in [3.63, 3.8) is 0 Å². The number of nitrogens with two attached hydrogens (primary N) is 1. The van der Waals surface area contributed by atoms with Gasteiger partial charge < -0.3 is 15.6 Å². The summed E-state index contributed by atoms with van der Waals surface area (Å²) in [6, 6.07) is 0. The zero-order chi connectivity index (χ0) is 11.0. The minimum atomic E-state index is -1.11. The maximum Gasteiger partial charge on any atom is 0.323 e. The molecule has 0 fully saturated rings. The van der Waals surface area contributed by atoms with Gasteiger partial charge in [0.25, 0.3) is 0 Å².